The highest BCUT2D eigenvalue weighted by atomic mass is 15.1. The molecule has 0 atom stereocenters. The Balaban J connectivity index is 1.68. The molecule has 2 aromatic carbocycles. The van der Waals surface area contributed by atoms with Crippen LogP contribution in [0.2, 0.25) is 0 Å². The number of para-hydroxylation sites is 1. The molecule has 0 radical (unpaired) electrons. The van der Waals surface area contributed by atoms with Crippen LogP contribution in [0, 0.1) is 5.92 Å². The van der Waals surface area contributed by atoms with Gasteiger partial charge in [-0.3, -0.25) is 5.10 Å². The largest absolute Gasteiger partial charge is 0.379 e. The Bertz CT molecular complexity index is 711. The number of aromatic amines is 1. The van der Waals surface area contributed by atoms with E-state index in [1.54, 1.807) is 0 Å². The van der Waals surface area contributed by atoms with Gasteiger partial charge < -0.3 is 5.32 Å². The predicted molar refractivity (Wildman–Crippen MR) is 88.4 cm³/mol. The highest BCUT2D eigenvalue weighted by molar-refractivity contribution is 5.89. The molecular formula is C18H21N3. The van der Waals surface area contributed by atoms with E-state index >= 15 is 0 Å². The van der Waals surface area contributed by atoms with E-state index in [0.717, 1.165) is 29.6 Å². The van der Waals surface area contributed by atoms with Crippen molar-refractivity contribution in [1.29, 1.82) is 0 Å². The summed E-state index contributed by atoms with van der Waals surface area (Å²) in [6.45, 7) is 5.32. The van der Waals surface area contributed by atoms with Crippen LogP contribution in [-0.4, -0.2) is 10.2 Å². The minimum atomic E-state index is 0.701. The van der Waals surface area contributed by atoms with E-state index in [2.05, 4.69) is 65.8 Å². The molecule has 0 aliphatic rings. The van der Waals surface area contributed by atoms with Gasteiger partial charge in [0.25, 0.3) is 0 Å². The van der Waals surface area contributed by atoms with E-state index in [1.165, 1.54) is 11.1 Å². The summed E-state index contributed by atoms with van der Waals surface area (Å²) in [5.74, 6) is 0.701. The molecule has 3 heteroatoms. The molecule has 0 bridgehead atoms. The maximum Gasteiger partial charge on any atom is 0.0881 e. The summed E-state index contributed by atoms with van der Waals surface area (Å²) < 4.78 is 0. The Morgan fingerprint density at radius 3 is 2.57 bits per heavy atom. The monoisotopic (exact) mass is 279 g/mol. The van der Waals surface area contributed by atoms with E-state index < -0.39 is 0 Å². The van der Waals surface area contributed by atoms with Crippen molar-refractivity contribution < 1.29 is 0 Å². The molecule has 0 aliphatic heterocycles. The number of hydrogen-bond acceptors (Lipinski definition) is 2. The van der Waals surface area contributed by atoms with Crippen LogP contribution >= 0.6 is 0 Å². The van der Waals surface area contributed by atoms with Crippen LogP contribution in [0.5, 0.6) is 0 Å². The molecule has 21 heavy (non-hydrogen) atoms. The van der Waals surface area contributed by atoms with Crippen LogP contribution in [0.3, 0.4) is 0 Å². The first-order valence-corrected chi connectivity index (χ1v) is 7.46. The zero-order valence-corrected chi connectivity index (χ0v) is 12.6. The summed E-state index contributed by atoms with van der Waals surface area (Å²) in [6.07, 6.45) is 2.99. The van der Waals surface area contributed by atoms with Crippen molar-refractivity contribution in [2.45, 2.75) is 26.8 Å². The number of hydrogen-bond donors (Lipinski definition) is 2. The van der Waals surface area contributed by atoms with Crippen molar-refractivity contribution in [3.63, 3.8) is 0 Å². The third-order valence-corrected chi connectivity index (χ3v) is 3.63. The van der Waals surface area contributed by atoms with E-state index in [4.69, 9.17) is 0 Å². The number of nitrogens with one attached hydrogen (secondary N) is 2. The van der Waals surface area contributed by atoms with Crippen molar-refractivity contribution in [2.24, 2.45) is 5.92 Å². The topological polar surface area (TPSA) is 40.7 Å². The lowest BCUT2D eigenvalue weighted by atomic mass is 10.0. The first-order chi connectivity index (χ1) is 10.2. The first kappa shape index (κ1) is 13.7. The van der Waals surface area contributed by atoms with E-state index in [-0.39, 0.29) is 0 Å². The fourth-order valence-corrected chi connectivity index (χ4v) is 2.58. The summed E-state index contributed by atoms with van der Waals surface area (Å²) in [5, 5.41) is 11.7. The summed E-state index contributed by atoms with van der Waals surface area (Å²) in [7, 11) is 0. The standard InChI is InChI=1S/C18H21N3/c1-13(2)10-14-6-8-15(9-7-14)11-19-17-5-3-4-16-12-20-21-18(16)17/h3-9,12-13,19H,10-11H2,1-2H3,(H,20,21). The van der Waals surface area contributed by atoms with Crippen molar-refractivity contribution in [3.05, 3.63) is 59.8 Å². The second kappa shape index (κ2) is 6.00. The summed E-state index contributed by atoms with van der Waals surface area (Å²) >= 11 is 0. The lowest BCUT2D eigenvalue weighted by molar-refractivity contribution is 0.647. The van der Waals surface area contributed by atoms with Gasteiger partial charge in [-0.05, 0) is 29.5 Å². The molecule has 0 amide bonds. The van der Waals surface area contributed by atoms with E-state index in [9.17, 15) is 0 Å². The highest BCUT2D eigenvalue weighted by Gasteiger charge is 2.02. The Hall–Kier alpha value is -2.29. The summed E-state index contributed by atoms with van der Waals surface area (Å²) in [5.41, 5.74) is 4.86. The van der Waals surface area contributed by atoms with Crippen LogP contribution in [0.4, 0.5) is 5.69 Å². The van der Waals surface area contributed by atoms with Gasteiger partial charge >= 0.3 is 0 Å². The zero-order valence-electron chi connectivity index (χ0n) is 12.6. The quantitative estimate of drug-likeness (QED) is 0.728. The van der Waals surface area contributed by atoms with Crippen LogP contribution in [0.25, 0.3) is 10.9 Å². The van der Waals surface area contributed by atoms with Gasteiger partial charge in [0.15, 0.2) is 0 Å². The molecule has 0 fully saturated rings. The van der Waals surface area contributed by atoms with Gasteiger partial charge in [-0.1, -0.05) is 50.2 Å². The zero-order chi connectivity index (χ0) is 14.7. The van der Waals surface area contributed by atoms with Gasteiger partial charge in [-0.25, -0.2) is 0 Å². The fraction of sp³-hybridized carbons (Fsp3) is 0.278. The minimum Gasteiger partial charge on any atom is -0.379 e. The van der Waals surface area contributed by atoms with Gasteiger partial charge in [-0.2, -0.15) is 5.10 Å². The summed E-state index contributed by atoms with van der Waals surface area (Å²) in [4.78, 5) is 0. The molecule has 3 rings (SSSR count). The molecule has 0 aliphatic carbocycles. The smallest absolute Gasteiger partial charge is 0.0881 e. The van der Waals surface area contributed by atoms with Crippen molar-refractivity contribution in [3.8, 4) is 0 Å². The maximum atomic E-state index is 4.09. The molecule has 0 unspecified atom stereocenters. The molecule has 0 spiro atoms. The van der Waals surface area contributed by atoms with Gasteiger partial charge in [0, 0.05) is 11.9 Å². The molecule has 108 valence electrons. The number of aromatic nitrogens is 2. The number of H-pyrrole nitrogens is 1. The summed E-state index contributed by atoms with van der Waals surface area (Å²) in [6, 6.07) is 15.1. The van der Waals surface area contributed by atoms with Gasteiger partial charge in [0.1, 0.15) is 0 Å². The second-order valence-electron chi connectivity index (χ2n) is 5.91. The third-order valence-electron chi connectivity index (χ3n) is 3.63. The van der Waals surface area contributed by atoms with Crippen LogP contribution in [-0.2, 0) is 13.0 Å². The van der Waals surface area contributed by atoms with Crippen molar-refractivity contribution in [2.75, 3.05) is 5.32 Å². The van der Waals surface area contributed by atoms with Crippen LogP contribution in [0.15, 0.2) is 48.7 Å². The predicted octanol–water partition coefficient (Wildman–Crippen LogP) is 4.37. The second-order valence-corrected chi connectivity index (χ2v) is 5.91. The number of benzene rings is 2. The maximum absolute atomic E-state index is 4.09. The van der Waals surface area contributed by atoms with Crippen LogP contribution in [0.1, 0.15) is 25.0 Å². The van der Waals surface area contributed by atoms with Crippen molar-refractivity contribution in [1.82, 2.24) is 10.2 Å². The Morgan fingerprint density at radius 1 is 1.05 bits per heavy atom. The lowest BCUT2D eigenvalue weighted by Gasteiger charge is -2.09. The highest BCUT2D eigenvalue weighted by Crippen LogP contribution is 2.21. The number of nitrogens with zero attached hydrogens (tertiary/aromatic N) is 1. The molecule has 1 heterocycles. The SMILES string of the molecule is CC(C)Cc1ccc(CNc2cccc3cn[nH]c23)cc1. The third kappa shape index (κ3) is 3.24. The minimum absolute atomic E-state index is 0.701. The Kier molecular flexibility index (Phi) is 3.91. The fourth-order valence-electron chi connectivity index (χ4n) is 2.58. The Labute approximate surface area is 125 Å². The van der Waals surface area contributed by atoms with Crippen molar-refractivity contribution >= 4 is 16.6 Å². The number of rotatable bonds is 5. The molecule has 3 aromatic rings. The Morgan fingerprint density at radius 2 is 1.81 bits per heavy atom. The number of anilines is 1. The van der Waals surface area contributed by atoms with Gasteiger partial charge in [-0.15, -0.1) is 0 Å². The lowest BCUT2D eigenvalue weighted by Crippen LogP contribution is -2.00. The number of fused-ring (bicyclic) bond motifs is 1. The normalized spacial score (nSPS) is 11.2. The van der Waals surface area contributed by atoms with E-state index in [0.29, 0.717) is 5.92 Å². The first-order valence-electron chi connectivity index (χ1n) is 7.46. The van der Waals surface area contributed by atoms with Crippen LogP contribution < -0.4 is 5.32 Å². The molecule has 0 saturated carbocycles. The van der Waals surface area contributed by atoms with E-state index in [1.807, 2.05) is 12.3 Å². The molecule has 2 N–H and O–H groups in total. The van der Waals surface area contributed by atoms with Gasteiger partial charge in [0.05, 0.1) is 17.4 Å². The molecule has 0 saturated heterocycles. The molecule has 1 aromatic heterocycles. The molecular weight excluding hydrogens is 258 g/mol. The average Bonchev–Trinajstić information content (AvgIpc) is 2.95. The molecule has 3 nitrogen and oxygen atoms in total. The average molecular weight is 279 g/mol. The van der Waals surface area contributed by atoms with Gasteiger partial charge in [0.2, 0.25) is 0 Å².